The molecule has 4 aromatic rings. The second-order valence-corrected chi connectivity index (χ2v) is 17.9. The zero-order valence-corrected chi connectivity index (χ0v) is 38.1. The fourth-order valence-electron chi connectivity index (χ4n) is 8.48. The molecule has 4 aliphatic rings. The van der Waals surface area contributed by atoms with Gasteiger partial charge >= 0.3 is 0 Å². The normalized spacial score (nSPS) is 22.4. The fraction of sp³-hybridized carbons (Fsp3) is 0.682. The summed E-state index contributed by atoms with van der Waals surface area (Å²) in [4.78, 5) is 22.7. The van der Waals surface area contributed by atoms with E-state index >= 15 is 0 Å². The van der Waals surface area contributed by atoms with E-state index in [4.69, 9.17) is 22.3 Å². The van der Waals surface area contributed by atoms with E-state index in [2.05, 4.69) is 64.7 Å². The predicted octanol–water partition coefficient (Wildman–Crippen LogP) is 8.68. The number of anilines is 3. The van der Waals surface area contributed by atoms with Gasteiger partial charge in [-0.1, -0.05) is 38.3 Å². The Morgan fingerprint density at radius 1 is 0.619 bits per heavy atom. The van der Waals surface area contributed by atoms with Crippen molar-refractivity contribution in [1.29, 1.82) is 0 Å². The molecular formula is C44H67ClF4N14. The Labute approximate surface area is 374 Å². The van der Waals surface area contributed by atoms with Crippen LogP contribution in [0.15, 0.2) is 36.7 Å². The number of nitrogens with zero attached hydrogens (tertiary/aromatic N) is 10. The Balaban J connectivity index is 0.000000178. The van der Waals surface area contributed by atoms with Gasteiger partial charge in [-0.15, -0.1) is 0 Å². The Hall–Kier alpha value is -4.13. The van der Waals surface area contributed by atoms with Crippen molar-refractivity contribution in [2.24, 2.45) is 5.73 Å². The van der Waals surface area contributed by atoms with Gasteiger partial charge < -0.3 is 31.5 Å². The molecule has 2 atom stereocenters. The Kier molecular flexibility index (Phi) is 17.4. The van der Waals surface area contributed by atoms with Crippen molar-refractivity contribution < 1.29 is 17.6 Å². The number of hydrogen-bond donors (Lipinski definition) is 4. The van der Waals surface area contributed by atoms with Crippen molar-refractivity contribution >= 4 is 29.1 Å². The number of halogens is 5. The van der Waals surface area contributed by atoms with Crippen LogP contribution >= 0.6 is 11.6 Å². The number of nitrogens with two attached hydrogens (primary N) is 1. The molecule has 6 heterocycles. The molecule has 63 heavy (non-hydrogen) atoms. The van der Waals surface area contributed by atoms with Crippen LogP contribution in [-0.2, 0) is 0 Å². The number of likely N-dealkylation sites (tertiary alicyclic amines) is 2. The number of alkyl halides is 4. The van der Waals surface area contributed by atoms with Crippen LogP contribution in [0.3, 0.4) is 0 Å². The number of aromatic nitrogens is 8. The molecule has 14 nitrogen and oxygen atoms in total. The molecule has 0 radical (unpaired) electrons. The molecule has 0 spiro atoms. The third-order valence-corrected chi connectivity index (χ3v) is 12.4. The maximum absolute atomic E-state index is 13.5. The summed E-state index contributed by atoms with van der Waals surface area (Å²) in [5, 5.41) is 19.1. The molecule has 19 heteroatoms. The molecule has 0 bridgehead atoms. The molecule has 2 saturated carbocycles. The maximum Gasteiger partial charge on any atom is 0.254 e. The van der Waals surface area contributed by atoms with Gasteiger partial charge in [-0.25, -0.2) is 26.9 Å². The summed E-state index contributed by atoms with van der Waals surface area (Å²) in [5.74, 6) is -2.34. The van der Waals surface area contributed by atoms with Gasteiger partial charge in [-0.05, 0) is 104 Å². The lowest BCUT2D eigenvalue weighted by Crippen LogP contribution is -2.35. The summed E-state index contributed by atoms with van der Waals surface area (Å²) in [6.45, 7) is 14.9. The number of nitrogens with one attached hydrogen (secondary N) is 3. The second kappa shape index (κ2) is 22.7. The SMILES string of the molecule is CCN1CCCCC(N)C1.CCN1CCCCC(Nc2cc(NC3CCC(F)(F)CC3)nc(-n3ccc(C)n3)n2)C1.Cc1ccn(-c2nc(Cl)cc(NC3CCC(F)(F)CC3)n2)n1. The molecule has 2 aliphatic heterocycles. The predicted molar refractivity (Wildman–Crippen MR) is 242 cm³/mol. The first-order chi connectivity index (χ1) is 30.1. The lowest BCUT2D eigenvalue weighted by Gasteiger charge is -2.29. The standard InChI is InChI=1S/C22H33F2N7.C14H16ClF2N5.C8H18N2/c1-3-30-12-5-4-6-18(15-30)26-20-14-19(25-17-7-10-22(23,24)11-8-17)27-21(28-20)31-13-9-16(2)29-31;1-9-4-7-22(21-9)13-19-11(15)8-12(20-13)18-10-2-5-14(16,17)6-3-10;1-2-10-6-4-3-5-8(9)7-10/h9,13-14,17-18H,3-8,10-12,15H2,1-2H3,(H2,25,26,27,28);4,7-8,10H,2-3,5-6H2,1H3,(H,18,19,20);8H,2-7,9H2,1H3. The summed E-state index contributed by atoms with van der Waals surface area (Å²) in [5.41, 5.74) is 7.58. The quantitative estimate of drug-likeness (QED) is 0.0889. The summed E-state index contributed by atoms with van der Waals surface area (Å²) >= 11 is 6.02. The minimum atomic E-state index is -2.54. The van der Waals surface area contributed by atoms with E-state index in [1.807, 2.05) is 38.2 Å². The third-order valence-electron chi connectivity index (χ3n) is 12.2. The second-order valence-electron chi connectivity index (χ2n) is 17.5. The van der Waals surface area contributed by atoms with E-state index in [1.165, 1.54) is 43.3 Å². The summed E-state index contributed by atoms with van der Waals surface area (Å²) < 4.78 is 56.6. The molecule has 8 rings (SSSR count). The van der Waals surface area contributed by atoms with Gasteiger partial charge in [0.15, 0.2) is 0 Å². The van der Waals surface area contributed by atoms with Crippen LogP contribution in [0.5, 0.6) is 0 Å². The van der Waals surface area contributed by atoms with E-state index in [0.717, 1.165) is 56.4 Å². The molecule has 2 saturated heterocycles. The zero-order valence-electron chi connectivity index (χ0n) is 37.4. The van der Waals surface area contributed by atoms with Gasteiger partial charge in [-0.2, -0.15) is 30.1 Å². The smallest absolute Gasteiger partial charge is 0.254 e. The van der Waals surface area contributed by atoms with Crippen LogP contribution in [-0.4, -0.2) is 125 Å². The number of aryl methyl sites for hydroxylation is 2. The van der Waals surface area contributed by atoms with E-state index in [-0.39, 0.29) is 42.9 Å². The highest BCUT2D eigenvalue weighted by Crippen LogP contribution is 2.35. The number of hydrogen-bond acceptors (Lipinski definition) is 12. The Morgan fingerprint density at radius 3 is 1.54 bits per heavy atom. The van der Waals surface area contributed by atoms with Crippen LogP contribution < -0.4 is 21.7 Å². The molecule has 5 N–H and O–H groups in total. The molecule has 0 amide bonds. The topological polar surface area (TPSA) is 156 Å². The van der Waals surface area contributed by atoms with Gasteiger partial charge in [0.2, 0.25) is 11.8 Å². The lowest BCUT2D eigenvalue weighted by molar-refractivity contribution is -0.0366. The zero-order chi connectivity index (χ0) is 45.0. The minimum absolute atomic E-state index is 0.0111. The van der Waals surface area contributed by atoms with Crippen LogP contribution in [0.4, 0.5) is 35.0 Å². The van der Waals surface area contributed by atoms with Crippen molar-refractivity contribution in [1.82, 2.24) is 49.3 Å². The van der Waals surface area contributed by atoms with Gasteiger partial charge in [0.05, 0.1) is 11.4 Å². The lowest BCUT2D eigenvalue weighted by atomic mass is 9.92. The van der Waals surface area contributed by atoms with E-state index in [1.54, 1.807) is 16.9 Å². The number of likely N-dealkylation sites (N-methyl/N-ethyl adjacent to an activating group) is 2. The van der Waals surface area contributed by atoms with Gasteiger partial charge in [-0.3, -0.25) is 0 Å². The first kappa shape index (κ1) is 48.3. The molecule has 4 aromatic heterocycles. The molecule has 0 aromatic carbocycles. The number of rotatable bonds is 10. The average Bonchev–Trinajstić information content (AvgIpc) is 3.74. The molecular weight excluding hydrogens is 836 g/mol. The van der Waals surface area contributed by atoms with Gasteiger partial charge in [0.25, 0.3) is 11.9 Å². The van der Waals surface area contributed by atoms with Crippen molar-refractivity contribution in [3.8, 4) is 11.9 Å². The summed E-state index contributed by atoms with van der Waals surface area (Å²) in [6.07, 6.45) is 12.3. The minimum Gasteiger partial charge on any atom is -0.367 e. The Morgan fingerprint density at radius 2 is 1.06 bits per heavy atom. The first-order valence-corrected chi connectivity index (χ1v) is 23.3. The monoisotopic (exact) mass is 903 g/mol. The van der Waals surface area contributed by atoms with Crippen LogP contribution in [0.2, 0.25) is 5.15 Å². The van der Waals surface area contributed by atoms with Crippen molar-refractivity contribution in [3.05, 3.63) is 53.2 Å². The molecule has 4 fully saturated rings. The van der Waals surface area contributed by atoms with Crippen LogP contribution in [0, 0.1) is 13.8 Å². The van der Waals surface area contributed by atoms with E-state index in [9.17, 15) is 17.6 Å². The van der Waals surface area contributed by atoms with Crippen LogP contribution in [0.25, 0.3) is 11.9 Å². The fourth-order valence-corrected chi connectivity index (χ4v) is 8.66. The highest BCUT2D eigenvalue weighted by molar-refractivity contribution is 6.29. The Bertz CT molecular complexity index is 1990. The van der Waals surface area contributed by atoms with Crippen LogP contribution in [0.1, 0.15) is 115 Å². The van der Waals surface area contributed by atoms with Crippen molar-refractivity contribution in [2.75, 3.05) is 55.2 Å². The van der Waals surface area contributed by atoms with Gasteiger partial charge in [0.1, 0.15) is 22.6 Å². The summed E-state index contributed by atoms with van der Waals surface area (Å²) in [7, 11) is 0. The average molecular weight is 904 g/mol. The molecule has 2 unspecified atom stereocenters. The maximum atomic E-state index is 13.5. The molecule has 348 valence electrons. The molecule has 2 aliphatic carbocycles. The largest absolute Gasteiger partial charge is 0.367 e. The van der Waals surface area contributed by atoms with E-state index in [0.29, 0.717) is 61.3 Å². The first-order valence-electron chi connectivity index (χ1n) is 22.9. The highest BCUT2D eigenvalue weighted by Gasteiger charge is 2.36. The van der Waals surface area contributed by atoms with Crippen molar-refractivity contribution in [3.63, 3.8) is 0 Å². The highest BCUT2D eigenvalue weighted by atomic mass is 35.5. The third kappa shape index (κ3) is 15.5. The van der Waals surface area contributed by atoms with Gasteiger partial charge in [0, 0.05) is 87.5 Å². The van der Waals surface area contributed by atoms with E-state index < -0.39 is 11.8 Å². The summed E-state index contributed by atoms with van der Waals surface area (Å²) in [6, 6.07) is 7.93. The van der Waals surface area contributed by atoms with Crippen molar-refractivity contribution in [2.45, 2.75) is 154 Å².